The van der Waals surface area contributed by atoms with Crippen LogP contribution in [0, 0.1) is 0 Å². The van der Waals surface area contributed by atoms with Gasteiger partial charge in [-0.3, -0.25) is 0 Å². The molecule has 0 saturated carbocycles. The first-order valence-corrected chi connectivity index (χ1v) is 7.08. The molecule has 1 aliphatic rings. The van der Waals surface area contributed by atoms with E-state index < -0.39 is 17.5 Å². The van der Waals surface area contributed by atoms with Crippen LogP contribution >= 0.6 is 0 Å². The maximum atomic E-state index is 12.1. The standard InChI is InChI=1S/C14H27NO4/c1-6-7-8-9-11-10-14(5,17)19-15(11)12(16)18-13(2,3)4/h11,17H,6-10H2,1-5H3/t11?,14-/m0/s1. The van der Waals surface area contributed by atoms with Crippen molar-refractivity contribution in [3.63, 3.8) is 0 Å². The first-order chi connectivity index (χ1) is 8.64. The van der Waals surface area contributed by atoms with Crippen molar-refractivity contribution < 1.29 is 19.5 Å². The van der Waals surface area contributed by atoms with E-state index in [0.717, 1.165) is 25.7 Å². The van der Waals surface area contributed by atoms with E-state index in [9.17, 15) is 9.90 Å². The molecule has 5 heteroatoms. The molecule has 0 aliphatic carbocycles. The molecule has 1 N–H and O–H groups in total. The Kier molecular flexibility index (Phi) is 5.21. The number of unbranched alkanes of at least 4 members (excludes halogenated alkanes) is 2. The van der Waals surface area contributed by atoms with Crippen molar-refractivity contribution >= 4 is 6.09 Å². The molecule has 1 heterocycles. The van der Waals surface area contributed by atoms with Gasteiger partial charge in [-0.05, 0) is 34.1 Å². The molecule has 1 fully saturated rings. The highest BCUT2D eigenvalue weighted by molar-refractivity contribution is 5.67. The summed E-state index contributed by atoms with van der Waals surface area (Å²) in [6.45, 7) is 9.14. The Balaban J connectivity index is 2.63. The number of nitrogens with zero attached hydrogens (tertiary/aromatic N) is 1. The molecule has 2 atom stereocenters. The quantitative estimate of drug-likeness (QED) is 0.799. The Bertz CT molecular complexity index is 309. The average molecular weight is 273 g/mol. The lowest BCUT2D eigenvalue weighted by Crippen LogP contribution is -2.39. The fourth-order valence-electron chi connectivity index (χ4n) is 2.19. The molecule has 0 aromatic heterocycles. The van der Waals surface area contributed by atoms with Gasteiger partial charge in [0.05, 0.1) is 6.04 Å². The van der Waals surface area contributed by atoms with Gasteiger partial charge in [0.2, 0.25) is 0 Å². The van der Waals surface area contributed by atoms with Crippen molar-refractivity contribution in [2.24, 2.45) is 0 Å². The maximum Gasteiger partial charge on any atom is 0.434 e. The summed E-state index contributed by atoms with van der Waals surface area (Å²) in [6.07, 6.45) is 3.97. The molecule has 1 saturated heterocycles. The average Bonchev–Trinajstić information content (AvgIpc) is 2.52. The largest absolute Gasteiger partial charge is 0.442 e. The number of rotatable bonds is 4. The molecule has 1 unspecified atom stereocenters. The molecular formula is C14H27NO4. The minimum Gasteiger partial charge on any atom is -0.442 e. The third kappa shape index (κ3) is 5.37. The highest BCUT2D eigenvalue weighted by Crippen LogP contribution is 2.32. The van der Waals surface area contributed by atoms with Gasteiger partial charge in [-0.15, -0.1) is 0 Å². The second-order valence-corrected chi connectivity index (χ2v) is 6.43. The summed E-state index contributed by atoms with van der Waals surface area (Å²) in [5.41, 5.74) is -0.567. The number of hydrogen-bond acceptors (Lipinski definition) is 4. The van der Waals surface area contributed by atoms with Gasteiger partial charge in [-0.1, -0.05) is 26.2 Å². The summed E-state index contributed by atoms with van der Waals surface area (Å²) in [5.74, 6) is -1.28. The summed E-state index contributed by atoms with van der Waals surface area (Å²) in [5, 5.41) is 11.2. The van der Waals surface area contributed by atoms with Gasteiger partial charge in [-0.2, -0.15) is 5.06 Å². The van der Waals surface area contributed by atoms with E-state index in [1.54, 1.807) is 6.92 Å². The van der Waals surface area contributed by atoms with E-state index in [4.69, 9.17) is 9.57 Å². The highest BCUT2D eigenvalue weighted by Gasteiger charge is 2.44. The monoisotopic (exact) mass is 273 g/mol. The molecule has 0 aromatic rings. The number of hydrogen-bond donors (Lipinski definition) is 1. The molecule has 112 valence electrons. The lowest BCUT2D eigenvalue weighted by Gasteiger charge is -2.27. The molecule has 0 radical (unpaired) electrons. The molecule has 1 aliphatic heterocycles. The zero-order valence-electron chi connectivity index (χ0n) is 12.7. The van der Waals surface area contributed by atoms with Crippen LogP contribution in [-0.2, 0) is 9.57 Å². The van der Waals surface area contributed by atoms with E-state index in [2.05, 4.69) is 6.92 Å². The zero-order chi connectivity index (χ0) is 14.7. The number of ether oxygens (including phenoxy) is 1. The smallest absolute Gasteiger partial charge is 0.434 e. The molecule has 19 heavy (non-hydrogen) atoms. The number of carbonyl (C=O) groups is 1. The Morgan fingerprint density at radius 3 is 2.63 bits per heavy atom. The Morgan fingerprint density at radius 1 is 1.47 bits per heavy atom. The van der Waals surface area contributed by atoms with Crippen molar-refractivity contribution in [1.82, 2.24) is 5.06 Å². The van der Waals surface area contributed by atoms with Gasteiger partial charge in [0.25, 0.3) is 0 Å². The van der Waals surface area contributed by atoms with E-state index in [0.29, 0.717) is 6.42 Å². The zero-order valence-corrected chi connectivity index (χ0v) is 12.7. The van der Waals surface area contributed by atoms with Gasteiger partial charge in [0.1, 0.15) is 5.60 Å². The number of amides is 1. The normalized spacial score (nSPS) is 27.7. The highest BCUT2D eigenvalue weighted by atomic mass is 16.8. The second kappa shape index (κ2) is 6.09. The lowest BCUT2D eigenvalue weighted by molar-refractivity contribution is -0.263. The van der Waals surface area contributed by atoms with Crippen molar-refractivity contribution in [1.29, 1.82) is 0 Å². The van der Waals surface area contributed by atoms with Crippen LogP contribution < -0.4 is 0 Å². The topological polar surface area (TPSA) is 59.0 Å². The van der Waals surface area contributed by atoms with Gasteiger partial charge in [0, 0.05) is 6.42 Å². The lowest BCUT2D eigenvalue weighted by atomic mass is 10.0. The number of hydroxylamine groups is 2. The van der Waals surface area contributed by atoms with Crippen LogP contribution in [0.3, 0.4) is 0 Å². The summed E-state index contributed by atoms with van der Waals surface area (Å²) in [6, 6.07) is -0.114. The van der Waals surface area contributed by atoms with Crippen LogP contribution in [0.1, 0.15) is 66.7 Å². The number of carbonyl (C=O) groups excluding carboxylic acids is 1. The molecule has 0 bridgehead atoms. The van der Waals surface area contributed by atoms with Crippen LogP contribution in [-0.4, -0.2) is 33.7 Å². The minimum atomic E-state index is -1.28. The Hall–Kier alpha value is -0.810. The summed E-state index contributed by atoms with van der Waals surface area (Å²) >= 11 is 0. The van der Waals surface area contributed by atoms with E-state index in [1.165, 1.54) is 5.06 Å². The van der Waals surface area contributed by atoms with Crippen LogP contribution in [0.25, 0.3) is 0 Å². The summed E-state index contributed by atoms with van der Waals surface area (Å²) < 4.78 is 5.30. The fraction of sp³-hybridized carbons (Fsp3) is 0.929. The van der Waals surface area contributed by atoms with E-state index >= 15 is 0 Å². The van der Waals surface area contributed by atoms with Crippen molar-refractivity contribution in [2.45, 2.75) is 84.2 Å². The van der Waals surface area contributed by atoms with Crippen molar-refractivity contribution in [3.8, 4) is 0 Å². The SMILES string of the molecule is CCCCCC1C[C@@](C)(O)ON1C(=O)OC(C)(C)C. The predicted molar refractivity (Wildman–Crippen MR) is 72.3 cm³/mol. The van der Waals surface area contributed by atoms with Gasteiger partial charge < -0.3 is 9.84 Å². The summed E-state index contributed by atoms with van der Waals surface area (Å²) in [4.78, 5) is 17.4. The molecule has 0 aromatic carbocycles. The molecular weight excluding hydrogens is 246 g/mol. The fourth-order valence-corrected chi connectivity index (χ4v) is 2.19. The summed E-state index contributed by atoms with van der Waals surface area (Å²) in [7, 11) is 0. The van der Waals surface area contributed by atoms with Crippen molar-refractivity contribution in [3.05, 3.63) is 0 Å². The Labute approximate surface area is 115 Å². The van der Waals surface area contributed by atoms with Crippen LogP contribution in [0.2, 0.25) is 0 Å². The second-order valence-electron chi connectivity index (χ2n) is 6.43. The maximum absolute atomic E-state index is 12.1. The van der Waals surface area contributed by atoms with Crippen molar-refractivity contribution in [2.75, 3.05) is 0 Å². The Morgan fingerprint density at radius 2 is 2.11 bits per heavy atom. The third-order valence-corrected chi connectivity index (χ3v) is 2.96. The molecule has 5 nitrogen and oxygen atoms in total. The third-order valence-electron chi connectivity index (χ3n) is 2.96. The van der Waals surface area contributed by atoms with Crippen LogP contribution in [0.4, 0.5) is 4.79 Å². The molecule has 1 rings (SSSR count). The first kappa shape index (κ1) is 16.2. The van der Waals surface area contributed by atoms with E-state index in [1.807, 2.05) is 20.8 Å². The van der Waals surface area contributed by atoms with Crippen LogP contribution in [0.15, 0.2) is 0 Å². The van der Waals surface area contributed by atoms with Crippen LogP contribution in [0.5, 0.6) is 0 Å². The predicted octanol–water partition coefficient (Wildman–Crippen LogP) is 3.22. The minimum absolute atomic E-state index is 0.114. The van der Waals surface area contributed by atoms with Gasteiger partial charge >= 0.3 is 6.09 Å². The first-order valence-electron chi connectivity index (χ1n) is 7.08. The van der Waals surface area contributed by atoms with E-state index in [-0.39, 0.29) is 6.04 Å². The number of aliphatic hydroxyl groups is 1. The van der Waals surface area contributed by atoms with Gasteiger partial charge in [-0.25, -0.2) is 9.63 Å². The van der Waals surface area contributed by atoms with Gasteiger partial charge in [0.15, 0.2) is 5.79 Å². The molecule has 0 spiro atoms. The molecule has 1 amide bonds.